The maximum atomic E-state index is 14.8. The fraction of sp³-hybridized carbons (Fsp3) is 0.721. The third-order valence-corrected chi connectivity index (χ3v) is 13.4. The molecular formula is C43H63N5O10. The van der Waals surface area contributed by atoms with Crippen molar-refractivity contribution in [1.82, 2.24) is 24.7 Å². The SMILES string of the molecule is CC[C@H]1OC(=O)[C@H](C)C(=O)[C@H](C)[C@@H](O[C@H]2C[C@@H](N(C)C)C[C@@H](C)O2)[C@](C)(OC)C[C@@H](C)C(=O)[C@H](C)[C@H]2N(C3CN(Cc4c(O)cnc5cccnc45)C3)C(=O)O[C@]12C. The number of pyridine rings is 2. The number of methoxy groups -OCH3 is 1. The van der Waals surface area contributed by atoms with Crippen LogP contribution in [-0.4, -0.2) is 142 Å². The Labute approximate surface area is 342 Å². The third kappa shape index (κ3) is 8.21. The molecule has 6 rings (SSSR count). The largest absolute Gasteiger partial charge is 0.506 e. The number of Topliss-reactive ketones (excluding diaryl/α,β-unsaturated/α-hetero) is 2. The number of fused-ring (bicyclic) bond motifs is 2. The number of esters is 1. The Balaban J connectivity index is 1.32. The summed E-state index contributed by atoms with van der Waals surface area (Å²) < 4.78 is 31.7. The van der Waals surface area contributed by atoms with Crippen molar-refractivity contribution in [3.05, 3.63) is 30.1 Å². The van der Waals surface area contributed by atoms with E-state index in [1.807, 2.05) is 54.8 Å². The quantitative estimate of drug-likeness (QED) is 0.286. The van der Waals surface area contributed by atoms with Gasteiger partial charge < -0.3 is 33.7 Å². The molecule has 0 radical (unpaired) electrons. The highest BCUT2D eigenvalue weighted by atomic mass is 16.7. The van der Waals surface area contributed by atoms with Gasteiger partial charge in [0, 0.05) is 68.7 Å². The van der Waals surface area contributed by atoms with Crippen LogP contribution in [0.15, 0.2) is 24.5 Å². The molecule has 4 aliphatic rings. The first-order valence-corrected chi connectivity index (χ1v) is 20.8. The number of hydrogen-bond donors (Lipinski definition) is 1. The minimum atomic E-state index is -1.42. The van der Waals surface area contributed by atoms with Crippen LogP contribution in [0.4, 0.5) is 4.79 Å². The fourth-order valence-corrected chi connectivity index (χ4v) is 10.0. The highest BCUT2D eigenvalue weighted by Crippen LogP contribution is 2.45. The molecule has 0 spiro atoms. The van der Waals surface area contributed by atoms with Gasteiger partial charge in [-0.1, -0.05) is 27.7 Å². The van der Waals surface area contributed by atoms with E-state index in [9.17, 15) is 24.3 Å². The zero-order chi connectivity index (χ0) is 42.4. The van der Waals surface area contributed by atoms with E-state index < -0.39 is 77.3 Å². The van der Waals surface area contributed by atoms with E-state index in [4.69, 9.17) is 23.7 Å². The molecule has 4 aliphatic heterocycles. The molecule has 2 aromatic heterocycles. The predicted molar refractivity (Wildman–Crippen MR) is 214 cm³/mol. The van der Waals surface area contributed by atoms with Crippen molar-refractivity contribution in [1.29, 1.82) is 0 Å². The molecule has 4 fully saturated rings. The first-order valence-electron chi connectivity index (χ1n) is 20.8. The fourth-order valence-electron chi connectivity index (χ4n) is 10.0. The van der Waals surface area contributed by atoms with Crippen LogP contribution in [0, 0.1) is 23.7 Å². The van der Waals surface area contributed by atoms with Crippen LogP contribution >= 0.6 is 0 Å². The summed E-state index contributed by atoms with van der Waals surface area (Å²) >= 11 is 0. The molecule has 4 saturated heterocycles. The monoisotopic (exact) mass is 809 g/mol. The molecule has 1 N–H and O–H groups in total. The zero-order valence-corrected chi connectivity index (χ0v) is 36.0. The number of ether oxygens (including phenoxy) is 5. The van der Waals surface area contributed by atoms with Gasteiger partial charge >= 0.3 is 12.1 Å². The van der Waals surface area contributed by atoms with Crippen LogP contribution in [0.2, 0.25) is 0 Å². The second-order valence-corrected chi connectivity index (χ2v) is 17.8. The molecule has 2 aromatic rings. The summed E-state index contributed by atoms with van der Waals surface area (Å²) in [4.78, 5) is 71.9. The molecule has 6 heterocycles. The molecule has 12 atom stereocenters. The maximum absolute atomic E-state index is 14.8. The number of hydrogen-bond acceptors (Lipinski definition) is 14. The van der Waals surface area contributed by atoms with Gasteiger partial charge in [-0.05, 0) is 73.2 Å². The number of carbonyl (C=O) groups is 4. The molecule has 0 aliphatic carbocycles. The average Bonchev–Trinajstić information content (AvgIpc) is 3.44. The number of cyclic esters (lactones) is 1. The average molecular weight is 810 g/mol. The molecule has 320 valence electrons. The predicted octanol–water partition coefficient (Wildman–Crippen LogP) is 4.75. The van der Waals surface area contributed by atoms with Gasteiger partial charge in [0.15, 0.2) is 17.7 Å². The molecule has 58 heavy (non-hydrogen) atoms. The second-order valence-electron chi connectivity index (χ2n) is 17.8. The number of aromatic hydroxyl groups is 1. The van der Waals surface area contributed by atoms with E-state index >= 15 is 0 Å². The van der Waals surface area contributed by atoms with E-state index in [-0.39, 0.29) is 42.6 Å². The number of likely N-dealkylation sites (tertiary alicyclic amines) is 1. The van der Waals surface area contributed by atoms with Crippen LogP contribution in [-0.2, 0) is 44.6 Å². The molecule has 15 heteroatoms. The summed E-state index contributed by atoms with van der Waals surface area (Å²) in [7, 11) is 5.58. The first-order chi connectivity index (χ1) is 27.3. The summed E-state index contributed by atoms with van der Waals surface area (Å²) in [5.41, 5.74) is -0.696. The summed E-state index contributed by atoms with van der Waals surface area (Å²) in [6.07, 6.45) is 1.71. The molecule has 1 amide bonds. The van der Waals surface area contributed by atoms with Gasteiger partial charge in [0.05, 0.1) is 47.1 Å². The van der Waals surface area contributed by atoms with Crippen LogP contribution in [0.1, 0.15) is 86.6 Å². The van der Waals surface area contributed by atoms with Crippen LogP contribution < -0.4 is 0 Å². The highest BCUT2D eigenvalue weighted by Gasteiger charge is 2.62. The van der Waals surface area contributed by atoms with E-state index in [2.05, 4.69) is 19.8 Å². The van der Waals surface area contributed by atoms with Crippen molar-refractivity contribution in [3.8, 4) is 5.75 Å². The van der Waals surface area contributed by atoms with Gasteiger partial charge in [0.2, 0.25) is 0 Å². The van der Waals surface area contributed by atoms with Gasteiger partial charge in [0.25, 0.3) is 0 Å². The van der Waals surface area contributed by atoms with E-state index in [0.717, 1.165) is 6.42 Å². The van der Waals surface area contributed by atoms with Crippen molar-refractivity contribution in [3.63, 3.8) is 0 Å². The topological polar surface area (TPSA) is 170 Å². The summed E-state index contributed by atoms with van der Waals surface area (Å²) in [5.74, 6) is -4.62. The van der Waals surface area contributed by atoms with Gasteiger partial charge in [0.1, 0.15) is 23.6 Å². The van der Waals surface area contributed by atoms with Crippen molar-refractivity contribution in [2.24, 2.45) is 23.7 Å². The number of amides is 1. The number of rotatable bonds is 8. The molecular weight excluding hydrogens is 746 g/mol. The Bertz CT molecular complexity index is 1860. The third-order valence-electron chi connectivity index (χ3n) is 13.4. The van der Waals surface area contributed by atoms with Crippen LogP contribution in [0.3, 0.4) is 0 Å². The van der Waals surface area contributed by atoms with Crippen molar-refractivity contribution in [2.75, 3.05) is 34.3 Å². The lowest BCUT2D eigenvalue weighted by Crippen LogP contribution is -2.65. The molecule has 0 bridgehead atoms. The van der Waals surface area contributed by atoms with Gasteiger partial charge in [-0.3, -0.25) is 34.2 Å². The van der Waals surface area contributed by atoms with Gasteiger partial charge in [-0.25, -0.2) is 4.79 Å². The minimum Gasteiger partial charge on any atom is -0.506 e. The lowest BCUT2D eigenvalue weighted by molar-refractivity contribution is -0.262. The Hall–Kier alpha value is -3.76. The Morgan fingerprint density at radius 1 is 1.00 bits per heavy atom. The Kier molecular flexibility index (Phi) is 12.9. The van der Waals surface area contributed by atoms with Crippen molar-refractivity contribution < 1.29 is 48.0 Å². The van der Waals surface area contributed by atoms with Crippen LogP contribution in [0.25, 0.3) is 11.0 Å². The number of carbonyl (C=O) groups excluding carboxylic acids is 4. The number of aromatic nitrogens is 2. The van der Waals surface area contributed by atoms with E-state index in [1.165, 1.54) is 13.1 Å². The summed E-state index contributed by atoms with van der Waals surface area (Å²) in [6, 6.07) is 2.65. The van der Waals surface area contributed by atoms with E-state index in [1.54, 1.807) is 38.1 Å². The van der Waals surface area contributed by atoms with E-state index in [0.29, 0.717) is 42.7 Å². The smallest absolute Gasteiger partial charge is 0.411 e. The lowest BCUT2D eigenvalue weighted by atomic mass is 9.73. The number of ketones is 2. The molecule has 15 nitrogen and oxygen atoms in total. The van der Waals surface area contributed by atoms with Gasteiger partial charge in [-0.2, -0.15) is 0 Å². The van der Waals surface area contributed by atoms with Crippen LogP contribution in [0.5, 0.6) is 5.75 Å². The second kappa shape index (κ2) is 17.1. The maximum Gasteiger partial charge on any atom is 0.411 e. The Morgan fingerprint density at radius 2 is 1.71 bits per heavy atom. The highest BCUT2D eigenvalue weighted by molar-refractivity contribution is 6.00. The molecule has 0 saturated carbocycles. The van der Waals surface area contributed by atoms with Crippen molar-refractivity contribution >= 4 is 34.7 Å². The normalized spacial score (nSPS) is 37.3. The van der Waals surface area contributed by atoms with Crippen molar-refractivity contribution in [2.45, 2.75) is 142 Å². The standard InChI is InChI=1S/C43H63N5O10/c1-12-33-43(8)38(48(41(53)58-43)29-20-47(21-29)22-30-32(49)19-45-31-14-13-15-44-35(30)31)25(4)36(50)23(2)18-42(7,54-11)39(26(5)37(51)27(6)40(52)56-33)57-34-17-28(46(9)10)16-24(3)55-34/h13-15,19,23-29,33-34,38-39,49H,12,16-18,20-22H2,1-11H3/t23-,24-,25+,26+,27-,28+,33-,34+,38-,39-,42-,43-/m1/s1. The minimum absolute atomic E-state index is 0.0334. The Morgan fingerprint density at radius 3 is 2.36 bits per heavy atom. The summed E-state index contributed by atoms with van der Waals surface area (Å²) in [6.45, 7) is 15.6. The molecule has 0 unspecified atom stereocenters. The lowest BCUT2D eigenvalue weighted by Gasteiger charge is -2.48. The van der Waals surface area contributed by atoms with Gasteiger partial charge in [-0.15, -0.1) is 0 Å². The first kappa shape index (κ1) is 43.8. The molecule has 0 aromatic carbocycles. The zero-order valence-electron chi connectivity index (χ0n) is 36.0. The number of nitrogens with zero attached hydrogens (tertiary/aromatic N) is 5. The summed E-state index contributed by atoms with van der Waals surface area (Å²) in [5, 5.41) is 10.7.